The topological polar surface area (TPSA) is 46.5 Å². The summed E-state index contributed by atoms with van der Waals surface area (Å²) in [6.07, 6.45) is 7.18. The van der Waals surface area contributed by atoms with Crippen LogP contribution in [0.2, 0.25) is 0 Å². The summed E-state index contributed by atoms with van der Waals surface area (Å²) in [4.78, 5) is 10.9. The first-order valence-corrected chi connectivity index (χ1v) is 9.05. The second-order valence-electron chi connectivity index (χ2n) is 6.36. The van der Waals surface area contributed by atoms with Gasteiger partial charge in [0, 0.05) is 0 Å². The van der Waals surface area contributed by atoms with Gasteiger partial charge in [-0.2, -0.15) is 0 Å². The highest BCUT2D eigenvalue weighted by atomic mass is 16.5. The number of benzene rings is 1. The van der Waals surface area contributed by atoms with Gasteiger partial charge in [0.25, 0.3) is 0 Å². The first-order chi connectivity index (χ1) is 11.1. The van der Waals surface area contributed by atoms with Crippen molar-refractivity contribution in [1.29, 1.82) is 0 Å². The maximum absolute atomic E-state index is 10.9. The molecule has 0 saturated heterocycles. The van der Waals surface area contributed by atoms with Crippen molar-refractivity contribution in [2.75, 3.05) is 6.61 Å². The summed E-state index contributed by atoms with van der Waals surface area (Å²) >= 11 is 0. The third-order valence-electron chi connectivity index (χ3n) is 4.51. The van der Waals surface area contributed by atoms with Gasteiger partial charge in [0.2, 0.25) is 0 Å². The van der Waals surface area contributed by atoms with Gasteiger partial charge in [-0.15, -0.1) is 0 Å². The van der Waals surface area contributed by atoms with Crippen LogP contribution in [0.4, 0.5) is 0 Å². The van der Waals surface area contributed by atoms with Crippen LogP contribution in [0.1, 0.15) is 64.9 Å². The number of carboxylic acids is 1. The largest absolute Gasteiger partial charge is 0.493 e. The van der Waals surface area contributed by atoms with Crippen LogP contribution in [-0.2, 0) is 11.2 Å². The minimum absolute atomic E-state index is 0.139. The molecule has 0 spiro atoms. The van der Waals surface area contributed by atoms with E-state index < -0.39 is 5.97 Å². The average molecular weight is 320 g/mol. The normalized spacial score (nSPS) is 20.3. The number of aryl methyl sites for hydroxylation is 1. The van der Waals surface area contributed by atoms with Crippen LogP contribution in [-0.4, -0.2) is 17.7 Å². The zero-order chi connectivity index (χ0) is 17.1. The lowest BCUT2D eigenvalue weighted by atomic mass is 9.82. The Bertz CT molecular complexity index is 429. The predicted molar refractivity (Wildman–Crippen MR) is 95.0 cm³/mol. The van der Waals surface area contributed by atoms with Crippen LogP contribution in [0.15, 0.2) is 24.3 Å². The quantitative estimate of drug-likeness (QED) is 0.771. The molecule has 1 aromatic carbocycles. The molecule has 3 nitrogen and oxygen atoms in total. The first-order valence-electron chi connectivity index (χ1n) is 9.05. The highest BCUT2D eigenvalue weighted by Crippen LogP contribution is 2.29. The van der Waals surface area contributed by atoms with E-state index >= 15 is 0 Å². The van der Waals surface area contributed by atoms with E-state index in [2.05, 4.69) is 32.9 Å². The summed E-state index contributed by atoms with van der Waals surface area (Å²) < 4.78 is 5.79. The van der Waals surface area contributed by atoms with Crippen molar-refractivity contribution in [3.63, 3.8) is 0 Å². The fourth-order valence-corrected chi connectivity index (χ4v) is 2.61. The van der Waals surface area contributed by atoms with Gasteiger partial charge in [-0.1, -0.05) is 45.7 Å². The van der Waals surface area contributed by atoms with E-state index in [1.54, 1.807) is 0 Å². The molecule has 0 aliphatic heterocycles. The van der Waals surface area contributed by atoms with E-state index in [0.29, 0.717) is 12.5 Å². The number of unbranched alkanes of at least 4 members (excludes halogenated alkanes) is 1. The van der Waals surface area contributed by atoms with Crippen molar-refractivity contribution in [3.8, 4) is 5.75 Å². The molecule has 1 aliphatic rings. The second-order valence-corrected chi connectivity index (χ2v) is 6.36. The molecule has 1 N–H and O–H groups in total. The molecule has 0 amide bonds. The summed E-state index contributed by atoms with van der Waals surface area (Å²) in [7, 11) is 0. The van der Waals surface area contributed by atoms with E-state index in [9.17, 15) is 4.79 Å². The minimum atomic E-state index is -0.644. The van der Waals surface area contributed by atoms with Gasteiger partial charge < -0.3 is 9.84 Å². The molecule has 0 unspecified atom stereocenters. The molecule has 0 aromatic heterocycles. The van der Waals surface area contributed by atoms with Crippen molar-refractivity contribution in [2.45, 2.75) is 65.7 Å². The van der Waals surface area contributed by atoms with E-state index in [1.807, 2.05) is 12.1 Å². The Morgan fingerprint density at radius 1 is 1.04 bits per heavy atom. The maximum Gasteiger partial charge on any atom is 0.306 e. The lowest BCUT2D eigenvalue weighted by Crippen LogP contribution is -2.24. The molecule has 0 bridgehead atoms. The van der Waals surface area contributed by atoms with Gasteiger partial charge in [0.1, 0.15) is 5.75 Å². The summed E-state index contributed by atoms with van der Waals surface area (Å²) in [6, 6.07) is 8.22. The van der Waals surface area contributed by atoms with Gasteiger partial charge in [-0.05, 0) is 55.7 Å². The van der Waals surface area contributed by atoms with Crippen molar-refractivity contribution >= 4 is 5.97 Å². The molecule has 1 fully saturated rings. The third kappa shape index (κ3) is 7.54. The number of rotatable bonds is 6. The summed E-state index contributed by atoms with van der Waals surface area (Å²) in [5.74, 6) is 0.633. The van der Waals surface area contributed by atoms with Gasteiger partial charge in [-0.25, -0.2) is 0 Å². The van der Waals surface area contributed by atoms with Gasteiger partial charge in [0.05, 0.1) is 12.5 Å². The Morgan fingerprint density at radius 3 is 2.04 bits per heavy atom. The summed E-state index contributed by atoms with van der Waals surface area (Å²) in [5, 5.41) is 8.95. The number of hydrogen-bond donors (Lipinski definition) is 1. The van der Waals surface area contributed by atoms with E-state index in [-0.39, 0.29) is 5.92 Å². The number of ether oxygens (including phenoxy) is 1. The number of carboxylic acid groups (broad SMARTS) is 1. The molecule has 130 valence electrons. The molecule has 23 heavy (non-hydrogen) atoms. The highest BCUT2D eigenvalue weighted by molar-refractivity contribution is 5.69. The maximum atomic E-state index is 10.9. The molecule has 0 atom stereocenters. The fourth-order valence-electron chi connectivity index (χ4n) is 2.61. The van der Waals surface area contributed by atoms with Crippen molar-refractivity contribution in [2.24, 2.45) is 11.8 Å². The average Bonchev–Trinajstić information content (AvgIpc) is 2.61. The molecule has 0 heterocycles. The molecule has 1 aliphatic carbocycles. The summed E-state index contributed by atoms with van der Waals surface area (Å²) in [5.41, 5.74) is 1.31. The number of hydrogen-bond acceptors (Lipinski definition) is 2. The fraction of sp³-hybridized carbons (Fsp3) is 0.650. The SMILES string of the molecule is CCCC.CCc1ccc(OCC2CCC(C(=O)O)CC2)cc1. The lowest BCUT2D eigenvalue weighted by Gasteiger charge is -2.25. The zero-order valence-electron chi connectivity index (χ0n) is 14.9. The highest BCUT2D eigenvalue weighted by Gasteiger charge is 2.26. The van der Waals surface area contributed by atoms with Crippen LogP contribution >= 0.6 is 0 Å². The second kappa shape index (κ2) is 11.1. The van der Waals surface area contributed by atoms with Crippen LogP contribution in [0, 0.1) is 11.8 Å². The lowest BCUT2D eigenvalue weighted by molar-refractivity contribution is -0.143. The Hall–Kier alpha value is -1.51. The standard InChI is InChI=1S/C16H22O3.C4H10/c1-2-12-5-9-15(10-6-12)19-11-13-3-7-14(8-4-13)16(17)18;1-3-4-2/h5-6,9-10,13-14H,2-4,7-8,11H2,1H3,(H,17,18);3-4H2,1-2H3. The van der Waals surface area contributed by atoms with Crippen molar-refractivity contribution in [1.82, 2.24) is 0 Å². The number of aliphatic carboxylic acids is 1. The molecular formula is C20H32O3. The monoisotopic (exact) mass is 320 g/mol. The van der Waals surface area contributed by atoms with Crippen LogP contribution in [0.5, 0.6) is 5.75 Å². The van der Waals surface area contributed by atoms with Crippen molar-refractivity contribution < 1.29 is 14.6 Å². The Morgan fingerprint density at radius 2 is 1.61 bits per heavy atom. The Balaban J connectivity index is 0.000000593. The van der Waals surface area contributed by atoms with Crippen LogP contribution in [0.25, 0.3) is 0 Å². The molecular weight excluding hydrogens is 288 g/mol. The van der Waals surface area contributed by atoms with Crippen molar-refractivity contribution in [3.05, 3.63) is 29.8 Å². The molecule has 1 aromatic rings. The third-order valence-corrected chi connectivity index (χ3v) is 4.51. The van der Waals surface area contributed by atoms with E-state index in [1.165, 1.54) is 18.4 Å². The van der Waals surface area contributed by atoms with Gasteiger partial charge >= 0.3 is 5.97 Å². The minimum Gasteiger partial charge on any atom is -0.493 e. The van der Waals surface area contributed by atoms with Gasteiger partial charge in [0.15, 0.2) is 0 Å². The molecule has 3 heteroatoms. The van der Waals surface area contributed by atoms with E-state index in [4.69, 9.17) is 9.84 Å². The van der Waals surface area contributed by atoms with Gasteiger partial charge in [-0.3, -0.25) is 4.79 Å². The summed E-state index contributed by atoms with van der Waals surface area (Å²) in [6.45, 7) is 7.20. The molecule has 0 radical (unpaired) electrons. The number of carbonyl (C=O) groups is 1. The van der Waals surface area contributed by atoms with Crippen LogP contribution in [0.3, 0.4) is 0 Å². The Kier molecular flexibility index (Phi) is 9.42. The van der Waals surface area contributed by atoms with Crippen LogP contribution < -0.4 is 4.74 Å². The predicted octanol–water partition coefficient (Wildman–Crippen LogP) is 5.33. The van der Waals surface area contributed by atoms with E-state index in [0.717, 1.165) is 37.9 Å². The molecule has 1 saturated carbocycles. The Labute approximate surface area is 141 Å². The smallest absolute Gasteiger partial charge is 0.306 e. The molecule has 2 rings (SSSR count). The zero-order valence-corrected chi connectivity index (χ0v) is 14.9. The first kappa shape index (κ1) is 19.5.